The van der Waals surface area contributed by atoms with Gasteiger partial charge in [0.2, 0.25) is 11.8 Å². The molecule has 7 nitrogen and oxygen atoms in total. The van der Waals surface area contributed by atoms with E-state index in [2.05, 4.69) is 70.3 Å². The third kappa shape index (κ3) is 4.55. The van der Waals surface area contributed by atoms with Crippen molar-refractivity contribution in [1.29, 1.82) is 0 Å². The zero-order chi connectivity index (χ0) is 22.7. The molecule has 166 valence electrons. The molecule has 2 aromatic heterocycles. The lowest BCUT2D eigenvalue weighted by Crippen LogP contribution is -2.21. The Morgan fingerprint density at radius 2 is 1.56 bits per heavy atom. The first-order valence-electron chi connectivity index (χ1n) is 10.8. The fourth-order valence-electron chi connectivity index (χ4n) is 3.50. The molecule has 0 aliphatic carbocycles. The highest BCUT2D eigenvalue weighted by molar-refractivity contribution is 7.99. The van der Waals surface area contributed by atoms with Crippen LogP contribution < -0.4 is 4.90 Å². The minimum absolute atomic E-state index is 0.0532. The smallest absolute Gasteiger partial charge is 0.247 e. The number of rotatable bonds is 8. The van der Waals surface area contributed by atoms with Gasteiger partial charge in [0.25, 0.3) is 0 Å². The molecular weight excluding hydrogens is 420 g/mol. The van der Waals surface area contributed by atoms with Crippen molar-refractivity contribution in [2.24, 2.45) is 7.05 Å². The third-order valence-corrected chi connectivity index (χ3v) is 6.58. The summed E-state index contributed by atoms with van der Waals surface area (Å²) in [5.41, 5.74) is 4.36. The molecule has 0 saturated heterocycles. The predicted molar refractivity (Wildman–Crippen MR) is 129 cm³/mol. The van der Waals surface area contributed by atoms with Crippen LogP contribution in [0.25, 0.3) is 22.8 Å². The van der Waals surface area contributed by atoms with Gasteiger partial charge in [0.15, 0.2) is 11.0 Å². The first-order valence-corrected chi connectivity index (χ1v) is 11.7. The van der Waals surface area contributed by atoms with Crippen molar-refractivity contribution in [2.75, 3.05) is 18.0 Å². The van der Waals surface area contributed by atoms with Crippen LogP contribution in [0.3, 0.4) is 0 Å². The van der Waals surface area contributed by atoms with Gasteiger partial charge in [-0.2, -0.15) is 0 Å². The highest BCUT2D eigenvalue weighted by Crippen LogP contribution is 2.35. The Morgan fingerprint density at radius 1 is 0.906 bits per heavy atom. The standard InChI is InChI=1S/C24H28N6OS/c1-6-30(7-2)20-14-12-18(13-15-20)21-25-28-24(29(21)5)32-17(4)22-26-27-23(31-22)19-10-8-16(3)9-11-19/h8-15,17H,6-7H2,1-5H3. The zero-order valence-corrected chi connectivity index (χ0v) is 19.9. The van der Waals surface area contributed by atoms with Gasteiger partial charge < -0.3 is 13.9 Å². The van der Waals surface area contributed by atoms with E-state index >= 15 is 0 Å². The summed E-state index contributed by atoms with van der Waals surface area (Å²) in [7, 11) is 1.98. The number of anilines is 1. The highest BCUT2D eigenvalue weighted by Gasteiger charge is 2.20. The fraction of sp³-hybridized carbons (Fsp3) is 0.333. The first-order chi connectivity index (χ1) is 15.5. The third-order valence-electron chi connectivity index (χ3n) is 5.46. The van der Waals surface area contributed by atoms with Crippen molar-refractivity contribution in [2.45, 2.75) is 38.1 Å². The summed E-state index contributed by atoms with van der Waals surface area (Å²) >= 11 is 1.55. The molecule has 8 heteroatoms. The number of aromatic nitrogens is 5. The Balaban J connectivity index is 1.48. The Kier molecular flexibility index (Phi) is 6.60. The number of hydrogen-bond acceptors (Lipinski definition) is 7. The zero-order valence-electron chi connectivity index (χ0n) is 19.1. The lowest BCUT2D eigenvalue weighted by Gasteiger charge is -2.21. The molecule has 1 unspecified atom stereocenters. The van der Waals surface area contributed by atoms with E-state index in [1.54, 1.807) is 11.8 Å². The highest BCUT2D eigenvalue weighted by atomic mass is 32.2. The van der Waals surface area contributed by atoms with Crippen LogP contribution >= 0.6 is 11.8 Å². The molecule has 2 heterocycles. The van der Waals surface area contributed by atoms with E-state index in [1.165, 1.54) is 11.3 Å². The Morgan fingerprint density at radius 3 is 2.22 bits per heavy atom. The van der Waals surface area contributed by atoms with Gasteiger partial charge >= 0.3 is 0 Å². The van der Waals surface area contributed by atoms with Crippen LogP contribution in [-0.4, -0.2) is 38.1 Å². The van der Waals surface area contributed by atoms with Gasteiger partial charge in [0.1, 0.15) is 0 Å². The second-order valence-corrected chi connectivity index (χ2v) is 8.96. The van der Waals surface area contributed by atoms with Crippen LogP contribution in [0.4, 0.5) is 5.69 Å². The minimum atomic E-state index is -0.0532. The molecule has 0 aliphatic heterocycles. The molecule has 2 aromatic carbocycles. The number of thioether (sulfide) groups is 1. The topological polar surface area (TPSA) is 72.9 Å². The average Bonchev–Trinajstić information content (AvgIpc) is 3.44. The lowest BCUT2D eigenvalue weighted by molar-refractivity contribution is 0.508. The molecule has 4 aromatic rings. The van der Waals surface area contributed by atoms with Crippen molar-refractivity contribution < 1.29 is 4.42 Å². The molecule has 32 heavy (non-hydrogen) atoms. The van der Waals surface area contributed by atoms with Crippen molar-refractivity contribution >= 4 is 17.4 Å². The number of hydrogen-bond donors (Lipinski definition) is 0. The fourth-order valence-corrected chi connectivity index (χ4v) is 4.34. The van der Waals surface area contributed by atoms with E-state index in [0.29, 0.717) is 11.8 Å². The largest absolute Gasteiger partial charge is 0.419 e. The molecule has 0 aliphatic rings. The summed E-state index contributed by atoms with van der Waals surface area (Å²) < 4.78 is 7.93. The number of aryl methyl sites for hydroxylation is 1. The molecule has 4 rings (SSSR count). The predicted octanol–water partition coefficient (Wildman–Crippen LogP) is 5.54. The summed E-state index contributed by atoms with van der Waals surface area (Å²) in [6.07, 6.45) is 0. The summed E-state index contributed by atoms with van der Waals surface area (Å²) in [6, 6.07) is 16.5. The summed E-state index contributed by atoms with van der Waals surface area (Å²) in [4.78, 5) is 2.32. The van der Waals surface area contributed by atoms with Crippen molar-refractivity contribution in [3.05, 3.63) is 60.0 Å². The number of benzene rings is 2. The Hall–Kier alpha value is -3.13. The van der Waals surface area contributed by atoms with Gasteiger partial charge in [-0.3, -0.25) is 0 Å². The van der Waals surface area contributed by atoms with Crippen LogP contribution in [0.2, 0.25) is 0 Å². The molecule has 0 bridgehead atoms. The maximum absolute atomic E-state index is 5.93. The van der Waals surface area contributed by atoms with Crippen LogP contribution in [0.15, 0.2) is 58.1 Å². The Bertz CT molecular complexity index is 1160. The SMILES string of the molecule is CCN(CC)c1ccc(-c2nnc(SC(C)c3nnc(-c4ccc(C)cc4)o3)n2C)cc1. The van der Waals surface area contributed by atoms with E-state index in [9.17, 15) is 0 Å². The summed E-state index contributed by atoms with van der Waals surface area (Å²) in [5.74, 6) is 1.93. The molecule has 1 atom stereocenters. The second-order valence-electron chi connectivity index (χ2n) is 7.66. The molecule has 0 spiro atoms. The van der Waals surface area contributed by atoms with Crippen LogP contribution in [0.1, 0.15) is 37.5 Å². The van der Waals surface area contributed by atoms with E-state index in [1.807, 2.05) is 42.8 Å². The maximum Gasteiger partial charge on any atom is 0.247 e. The van der Waals surface area contributed by atoms with Gasteiger partial charge in [-0.15, -0.1) is 20.4 Å². The van der Waals surface area contributed by atoms with E-state index in [4.69, 9.17) is 4.42 Å². The maximum atomic E-state index is 5.93. The van der Waals surface area contributed by atoms with Gasteiger partial charge in [0.05, 0.1) is 5.25 Å². The van der Waals surface area contributed by atoms with Gasteiger partial charge in [-0.05, 0) is 64.1 Å². The molecule has 0 saturated carbocycles. The lowest BCUT2D eigenvalue weighted by atomic mass is 10.1. The molecule has 0 fully saturated rings. The van der Waals surface area contributed by atoms with Gasteiger partial charge in [-0.1, -0.05) is 29.5 Å². The van der Waals surface area contributed by atoms with Crippen molar-refractivity contribution in [1.82, 2.24) is 25.0 Å². The van der Waals surface area contributed by atoms with E-state index in [0.717, 1.165) is 35.2 Å². The van der Waals surface area contributed by atoms with E-state index < -0.39 is 0 Å². The quantitative estimate of drug-likeness (QED) is 0.328. The monoisotopic (exact) mass is 448 g/mol. The first kappa shape index (κ1) is 22.1. The van der Waals surface area contributed by atoms with Gasteiger partial charge in [-0.25, -0.2) is 0 Å². The number of nitrogens with zero attached hydrogens (tertiary/aromatic N) is 6. The second kappa shape index (κ2) is 9.56. The molecule has 0 radical (unpaired) electrons. The summed E-state index contributed by atoms with van der Waals surface area (Å²) in [6.45, 7) is 10.4. The van der Waals surface area contributed by atoms with Crippen LogP contribution in [-0.2, 0) is 7.05 Å². The molecule has 0 amide bonds. The van der Waals surface area contributed by atoms with Crippen molar-refractivity contribution in [3.8, 4) is 22.8 Å². The molecule has 0 N–H and O–H groups in total. The van der Waals surface area contributed by atoms with E-state index in [-0.39, 0.29) is 5.25 Å². The minimum Gasteiger partial charge on any atom is -0.419 e. The van der Waals surface area contributed by atoms with Crippen LogP contribution in [0, 0.1) is 6.92 Å². The normalized spacial score (nSPS) is 12.2. The molecular formula is C24H28N6OS. The summed E-state index contributed by atoms with van der Waals surface area (Å²) in [5, 5.41) is 18.0. The Labute approximate surface area is 192 Å². The van der Waals surface area contributed by atoms with Crippen molar-refractivity contribution in [3.63, 3.8) is 0 Å². The van der Waals surface area contributed by atoms with Crippen LogP contribution in [0.5, 0.6) is 0 Å². The van der Waals surface area contributed by atoms with Gasteiger partial charge in [0, 0.05) is 37.0 Å². The average molecular weight is 449 g/mol.